The van der Waals surface area contributed by atoms with Gasteiger partial charge in [0.1, 0.15) is 5.75 Å². The molecule has 0 radical (unpaired) electrons. The van der Waals surface area contributed by atoms with Gasteiger partial charge in [0, 0.05) is 12.6 Å². The van der Waals surface area contributed by atoms with Gasteiger partial charge in [-0.3, -0.25) is 0 Å². The van der Waals surface area contributed by atoms with Gasteiger partial charge in [-0.15, -0.1) is 0 Å². The molecule has 0 fully saturated rings. The minimum Gasteiger partial charge on any atom is -0.435 e. The lowest BCUT2D eigenvalue weighted by Gasteiger charge is -2.16. The van der Waals surface area contributed by atoms with Crippen LogP contribution in [0.5, 0.6) is 5.75 Å². The lowest BCUT2D eigenvalue weighted by atomic mass is 10.1. The van der Waals surface area contributed by atoms with Crippen LogP contribution in [0.25, 0.3) is 0 Å². The fourth-order valence-corrected chi connectivity index (χ4v) is 1.80. The molecule has 0 amide bonds. The van der Waals surface area contributed by atoms with Crippen LogP contribution in [0, 0.1) is 0 Å². The predicted molar refractivity (Wildman–Crippen MR) is 75.2 cm³/mol. The van der Waals surface area contributed by atoms with E-state index in [0.717, 1.165) is 24.8 Å². The molecule has 0 bridgehead atoms. The van der Waals surface area contributed by atoms with E-state index in [0.29, 0.717) is 12.6 Å². The number of aliphatic hydroxyl groups is 1. The molecule has 2 atom stereocenters. The second-order valence-corrected chi connectivity index (χ2v) is 4.93. The normalized spacial score (nSPS) is 14.3. The molecule has 2 N–H and O–H groups in total. The molecule has 0 heterocycles. The fraction of sp³-hybridized carbons (Fsp3) is 0.600. The first kappa shape index (κ1) is 16.9. The van der Waals surface area contributed by atoms with Gasteiger partial charge in [-0.25, -0.2) is 0 Å². The molecule has 0 aromatic heterocycles. The van der Waals surface area contributed by atoms with Crippen molar-refractivity contribution >= 4 is 0 Å². The smallest absolute Gasteiger partial charge is 0.387 e. The Labute approximate surface area is 119 Å². The maximum atomic E-state index is 12.0. The average Bonchev–Trinajstić information content (AvgIpc) is 2.43. The van der Waals surface area contributed by atoms with E-state index in [1.165, 1.54) is 0 Å². The second-order valence-electron chi connectivity index (χ2n) is 4.93. The fourth-order valence-electron chi connectivity index (χ4n) is 1.80. The Bertz CT molecular complexity index is 371. The molecule has 0 aliphatic heterocycles. The number of halogens is 2. The summed E-state index contributed by atoms with van der Waals surface area (Å²) in [7, 11) is 0. The first-order chi connectivity index (χ1) is 9.51. The molecule has 0 aliphatic rings. The number of benzene rings is 1. The van der Waals surface area contributed by atoms with E-state index in [2.05, 4.69) is 17.0 Å². The number of aliphatic hydroxyl groups excluding tert-OH is 1. The third-order valence-corrected chi connectivity index (χ3v) is 3.19. The molecule has 3 nitrogen and oxygen atoms in total. The lowest BCUT2D eigenvalue weighted by Crippen LogP contribution is -2.33. The van der Waals surface area contributed by atoms with E-state index in [4.69, 9.17) is 0 Å². The summed E-state index contributed by atoms with van der Waals surface area (Å²) in [6.45, 7) is 1.82. The number of hydrogen-bond acceptors (Lipinski definition) is 3. The molecule has 0 aliphatic carbocycles. The number of hydrogen-bond donors (Lipinski definition) is 2. The van der Waals surface area contributed by atoms with E-state index in [9.17, 15) is 13.9 Å². The van der Waals surface area contributed by atoms with Crippen LogP contribution in [0.15, 0.2) is 24.3 Å². The van der Waals surface area contributed by atoms with Crippen molar-refractivity contribution in [1.29, 1.82) is 0 Å². The Morgan fingerprint density at radius 1 is 1.25 bits per heavy atom. The molecular formula is C15H23F2NO2. The molecule has 0 spiro atoms. The molecule has 1 aromatic rings. The summed E-state index contributed by atoms with van der Waals surface area (Å²) in [5, 5.41) is 12.7. The van der Waals surface area contributed by atoms with Crippen LogP contribution in [0.4, 0.5) is 8.78 Å². The minimum absolute atomic E-state index is 0.181. The van der Waals surface area contributed by atoms with Gasteiger partial charge >= 0.3 is 6.61 Å². The highest BCUT2D eigenvalue weighted by molar-refractivity contribution is 5.27. The van der Waals surface area contributed by atoms with Crippen LogP contribution in [-0.4, -0.2) is 30.4 Å². The van der Waals surface area contributed by atoms with Gasteiger partial charge in [-0.05, 0) is 43.9 Å². The van der Waals surface area contributed by atoms with Crippen molar-refractivity contribution in [3.63, 3.8) is 0 Å². The quantitative estimate of drug-likeness (QED) is 0.733. The van der Waals surface area contributed by atoms with E-state index >= 15 is 0 Å². The number of alkyl halides is 2. The van der Waals surface area contributed by atoms with Crippen LogP contribution >= 0.6 is 0 Å². The van der Waals surface area contributed by atoms with Crippen LogP contribution < -0.4 is 10.1 Å². The molecule has 114 valence electrons. The SMILES string of the molecule is CCC(O)CNC(C)CCc1ccc(OC(F)F)cc1. The molecule has 20 heavy (non-hydrogen) atoms. The van der Waals surface area contributed by atoms with Crippen LogP contribution in [0.1, 0.15) is 32.3 Å². The van der Waals surface area contributed by atoms with Crippen LogP contribution in [-0.2, 0) is 6.42 Å². The minimum atomic E-state index is -2.78. The van der Waals surface area contributed by atoms with Crippen LogP contribution in [0.3, 0.4) is 0 Å². The maximum absolute atomic E-state index is 12.0. The molecule has 0 saturated carbocycles. The Kier molecular flexibility index (Phi) is 7.47. The molecule has 5 heteroatoms. The highest BCUT2D eigenvalue weighted by Crippen LogP contribution is 2.16. The number of rotatable bonds is 9. The number of nitrogens with one attached hydrogen (secondary N) is 1. The largest absolute Gasteiger partial charge is 0.435 e. The Morgan fingerprint density at radius 2 is 1.90 bits per heavy atom. The van der Waals surface area contributed by atoms with Crippen molar-refractivity contribution in [2.24, 2.45) is 0 Å². The molecule has 1 rings (SSSR count). The zero-order chi connectivity index (χ0) is 15.0. The number of ether oxygens (including phenoxy) is 1. The van der Waals surface area contributed by atoms with E-state index < -0.39 is 6.61 Å². The third-order valence-electron chi connectivity index (χ3n) is 3.19. The zero-order valence-corrected chi connectivity index (χ0v) is 12.0. The Hall–Kier alpha value is -1.20. The van der Waals surface area contributed by atoms with Gasteiger partial charge in [-0.1, -0.05) is 19.1 Å². The lowest BCUT2D eigenvalue weighted by molar-refractivity contribution is -0.0498. The maximum Gasteiger partial charge on any atom is 0.387 e. The summed E-state index contributed by atoms with van der Waals surface area (Å²) in [6, 6.07) is 7.01. The predicted octanol–water partition coefficient (Wildman–Crippen LogP) is 2.97. The average molecular weight is 287 g/mol. The number of aryl methyl sites for hydroxylation is 1. The first-order valence-electron chi connectivity index (χ1n) is 6.96. The van der Waals surface area contributed by atoms with Gasteiger partial charge in [0.25, 0.3) is 0 Å². The van der Waals surface area contributed by atoms with Crippen molar-refractivity contribution in [3.05, 3.63) is 29.8 Å². The highest BCUT2D eigenvalue weighted by atomic mass is 19.3. The summed E-state index contributed by atoms with van der Waals surface area (Å²) in [6.07, 6.45) is 2.21. The topological polar surface area (TPSA) is 41.5 Å². The van der Waals surface area contributed by atoms with E-state index in [1.54, 1.807) is 24.3 Å². The molecule has 2 unspecified atom stereocenters. The van der Waals surface area contributed by atoms with Gasteiger partial charge in [0.05, 0.1) is 6.10 Å². The summed E-state index contributed by atoms with van der Waals surface area (Å²) in [5.41, 5.74) is 1.08. The van der Waals surface area contributed by atoms with Gasteiger partial charge in [-0.2, -0.15) is 8.78 Å². The van der Waals surface area contributed by atoms with Crippen molar-refractivity contribution in [2.75, 3.05) is 6.54 Å². The summed E-state index contributed by atoms with van der Waals surface area (Å²) < 4.78 is 28.3. The Balaban J connectivity index is 2.30. The second kappa shape index (κ2) is 8.87. The summed E-state index contributed by atoms with van der Waals surface area (Å²) in [4.78, 5) is 0. The highest BCUT2D eigenvalue weighted by Gasteiger charge is 2.07. The van der Waals surface area contributed by atoms with Crippen molar-refractivity contribution in [2.45, 2.75) is 51.9 Å². The molecular weight excluding hydrogens is 264 g/mol. The first-order valence-corrected chi connectivity index (χ1v) is 6.96. The van der Waals surface area contributed by atoms with E-state index in [1.807, 2.05) is 6.92 Å². The van der Waals surface area contributed by atoms with Gasteiger partial charge in [0.2, 0.25) is 0 Å². The van der Waals surface area contributed by atoms with Gasteiger partial charge in [0.15, 0.2) is 0 Å². The molecule has 0 saturated heterocycles. The summed E-state index contributed by atoms with van der Waals surface area (Å²) >= 11 is 0. The summed E-state index contributed by atoms with van der Waals surface area (Å²) in [5.74, 6) is 0.181. The van der Waals surface area contributed by atoms with Crippen molar-refractivity contribution in [3.8, 4) is 5.75 Å². The molecule has 1 aromatic carbocycles. The van der Waals surface area contributed by atoms with Crippen LogP contribution in [0.2, 0.25) is 0 Å². The van der Waals surface area contributed by atoms with Crippen molar-refractivity contribution in [1.82, 2.24) is 5.32 Å². The zero-order valence-electron chi connectivity index (χ0n) is 12.0. The monoisotopic (exact) mass is 287 g/mol. The van der Waals surface area contributed by atoms with Crippen molar-refractivity contribution < 1.29 is 18.6 Å². The van der Waals surface area contributed by atoms with Gasteiger partial charge < -0.3 is 15.2 Å². The standard InChI is InChI=1S/C15H23F2NO2/c1-3-13(19)10-18-11(2)4-5-12-6-8-14(9-7-12)20-15(16)17/h6-9,11,13,15,18-19H,3-5,10H2,1-2H3. The third kappa shape index (κ3) is 6.82. The Morgan fingerprint density at radius 3 is 2.45 bits per heavy atom. The van der Waals surface area contributed by atoms with E-state index in [-0.39, 0.29) is 11.9 Å².